The number of hydrogen-bond acceptors (Lipinski definition) is 4. The lowest BCUT2D eigenvalue weighted by Gasteiger charge is -1.84. The first-order valence-corrected chi connectivity index (χ1v) is 5.69. The van der Waals surface area contributed by atoms with Gasteiger partial charge in [0, 0.05) is 0 Å². The van der Waals surface area contributed by atoms with Gasteiger partial charge in [0.05, 0.1) is 4.88 Å². The maximum absolute atomic E-state index is 10.7. The number of aromatic carboxylic acids is 1. The first kappa shape index (κ1) is 9.64. The molecule has 0 aliphatic heterocycles. The summed E-state index contributed by atoms with van der Waals surface area (Å²) in [5, 5.41) is 11.4. The molecule has 0 aliphatic carbocycles. The average molecular weight is 246 g/mol. The highest BCUT2D eigenvalue weighted by atomic mass is 35.5. The molecule has 1 N–H and O–H groups in total. The summed E-state index contributed by atoms with van der Waals surface area (Å²) in [7, 11) is 0. The third-order valence-electron chi connectivity index (χ3n) is 1.51. The normalized spacial score (nSPS) is 10.4. The molecular weight excluding hydrogens is 242 g/mol. The number of hydrogen-bond donors (Lipinski definition) is 1. The fourth-order valence-electron chi connectivity index (χ4n) is 0.939. The minimum absolute atomic E-state index is 0.0610. The van der Waals surface area contributed by atoms with Crippen LogP contribution >= 0.6 is 34.3 Å². The summed E-state index contributed by atoms with van der Waals surface area (Å²) >= 11 is 8.28. The van der Waals surface area contributed by atoms with E-state index in [-0.39, 0.29) is 10.0 Å². The number of thiazole rings is 1. The minimum atomic E-state index is -1.03. The van der Waals surface area contributed by atoms with Gasteiger partial charge in [-0.1, -0.05) is 17.7 Å². The first-order valence-electron chi connectivity index (χ1n) is 3.62. The molecule has 2 heterocycles. The molecule has 0 saturated heterocycles. The van der Waals surface area contributed by atoms with Crippen molar-refractivity contribution in [1.82, 2.24) is 4.98 Å². The molecule has 0 spiro atoms. The minimum Gasteiger partial charge on any atom is -0.477 e. The fourth-order valence-corrected chi connectivity index (χ4v) is 2.86. The number of carboxylic acids is 1. The lowest BCUT2D eigenvalue weighted by atomic mass is 10.5. The maximum atomic E-state index is 10.7. The molecule has 0 amide bonds. The maximum Gasteiger partial charge on any atom is 0.349 e. The number of halogens is 1. The number of rotatable bonds is 2. The van der Waals surface area contributed by atoms with Crippen LogP contribution in [0.1, 0.15) is 9.67 Å². The molecule has 2 aromatic heterocycles. The number of aromatic nitrogens is 1. The van der Waals surface area contributed by atoms with Crippen LogP contribution in [0.15, 0.2) is 17.5 Å². The molecule has 0 atom stereocenters. The Morgan fingerprint density at radius 2 is 2.36 bits per heavy atom. The Morgan fingerprint density at radius 3 is 2.86 bits per heavy atom. The van der Waals surface area contributed by atoms with Crippen LogP contribution in [0.5, 0.6) is 0 Å². The van der Waals surface area contributed by atoms with E-state index in [1.165, 1.54) is 11.3 Å². The number of carbonyl (C=O) groups is 1. The smallest absolute Gasteiger partial charge is 0.349 e. The van der Waals surface area contributed by atoms with Gasteiger partial charge in [0.1, 0.15) is 5.01 Å². The predicted octanol–water partition coefficient (Wildman–Crippen LogP) is 3.22. The van der Waals surface area contributed by atoms with Crippen molar-refractivity contribution < 1.29 is 9.90 Å². The highest BCUT2D eigenvalue weighted by molar-refractivity contribution is 7.22. The summed E-state index contributed by atoms with van der Waals surface area (Å²) in [6.07, 6.45) is 0. The lowest BCUT2D eigenvalue weighted by molar-refractivity contribution is 0.0702. The fraction of sp³-hybridized carbons (Fsp3) is 0. The Morgan fingerprint density at radius 1 is 1.57 bits per heavy atom. The topological polar surface area (TPSA) is 50.2 Å². The Hall–Kier alpha value is -0.910. The molecule has 6 heteroatoms. The van der Waals surface area contributed by atoms with Crippen LogP contribution in [0, 0.1) is 0 Å². The molecule has 3 nitrogen and oxygen atoms in total. The van der Waals surface area contributed by atoms with Crippen molar-refractivity contribution in [3.8, 4) is 9.88 Å². The molecule has 0 aromatic carbocycles. The van der Waals surface area contributed by atoms with E-state index in [1.807, 2.05) is 17.5 Å². The van der Waals surface area contributed by atoms with E-state index in [0.717, 1.165) is 16.2 Å². The van der Waals surface area contributed by atoms with Crippen LogP contribution in [0.4, 0.5) is 0 Å². The number of thiophene rings is 1. The van der Waals surface area contributed by atoms with E-state index < -0.39 is 5.97 Å². The zero-order valence-corrected chi connectivity index (χ0v) is 9.12. The van der Waals surface area contributed by atoms with Crippen molar-refractivity contribution in [2.75, 3.05) is 0 Å². The van der Waals surface area contributed by atoms with Gasteiger partial charge in [-0.05, 0) is 11.4 Å². The number of nitrogens with zero attached hydrogens (tertiary/aromatic N) is 1. The summed E-state index contributed by atoms with van der Waals surface area (Å²) in [4.78, 5) is 15.7. The van der Waals surface area contributed by atoms with Gasteiger partial charge < -0.3 is 5.11 Å². The third-order valence-corrected chi connectivity index (χ3v) is 3.98. The Labute approximate surface area is 92.6 Å². The van der Waals surface area contributed by atoms with E-state index in [4.69, 9.17) is 16.7 Å². The molecule has 0 bridgehead atoms. The molecule has 72 valence electrons. The molecule has 0 saturated carbocycles. The molecule has 0 radical (unpaired) electrons. The zero-order chi connectivity index (χ0) is 10.1. The van der Waals surface area contributed by atoms with Crippen molar-refractivity contribution in [3.05, 3.63) is 27.5 Å². The second kappa shape index (κ2) is 3.68. The third kappa shape index (κ3) is 1.66. The standard InChI is InChI=1S/C8H4ClNO2S2/c9-6-5(8(11)12)14-7(10-6)4-2-1-3-13-4/h1-3H,(H,11,12). The van der Waals surface area contributed by atoms with Crippen LogP contribution in [0.25, 0.3) is 9.88 Å². The van der Waals surface area contributed by atoms with Crippen LogP contribution < -0.4 is 0 Å². The van der Waals surface area contributed by atoms with Crippen LogP contribution in [-0.4, -0.2) is 16.1 Å². The van der Waals surface area contributed by atoms with E-state index in [1.54, 1.807) is 0 Å². The van der Waals surface area contributed by atoms with Crippen LogP contribution in [0.2, 0.25) is 5.15 Å². The quantitative estimate of drug-likeness (QED) is 0.884. The molecular formula is C8H4ClNO2S2. The van der Waals surface area contributed by atoms with E-state index in [2.05, 4.69) is 4.98 Å². The predicted molar refractivity (Wildman–Crippen MR) is 57.4 cm³/mol. The summed E-state index contributed by atoms with van der Waals surface area (Å²) in [5.74, 6) is -1.03. The first-order chi connectivity index (χ1) is 6.68. The van der Waals surface area contributed by atoms with E-state index in [0.29, 0.717) is 5.01 Å². The molecule has 14 heavy (non-hydrogen) atoms. The summed E-state index contributed by atoms with van der Waals surface area (Å²) in [6.45, 7) is 0. The highest BCUT2D eigenvalue weighted by Crippen LogP contribution is 2.33. The number of carboxylic acid groups (broad SMARTS) is 1. The molecule has 2 rings (SSSR count). The second-order valence-corrected chi connectivity index (χ2v) is 4.73. The van der Waals surface area contributed by atoms with Crippen molar-refractivity contribution in [3.63, 3.8) is 0 Å². The van der Waals surface area contributed by atoms with Crippen LogP contribution in [0.3, 0.4) is 0 Å². The van der Waals surface area contributed by atoms with Gasteiger partial charge in [-0.2, -0.15) is 0 Å². The molecule has 0 fully saturated rings. The van der Waals surface area contributed by atoms with Gasteiger partial charge in [0.2, 0.25) is 0 Å². The molecule has 2 aromatic rings. The van der Waals surface area contributed by atoms with Gasteiger partial charge in [-0.15, -0.1) is 22.7 Å². The molecule has 0 unspecified atom stereocenters. The van der Waals surface area contributed by atoms with Gasteiger partial charge in [0.15, 0.2) is 10.0 Å². The van der Waals surface area contributed by atoms with Crippen molar-refractivity contribution in [1.29, 1.82) is 0 Å². The Balaban J connectivity index is 2.48. The second-order valence-electron chi connectivity index (χ2n) is 2.42. The Kier molecular flexibility index (Phi) is 2.54. The lowest BCUT2D eigenvalue weighted by Crippen LogP contribution is -1.91. The highest BCUT2D eigenvalue weighted by Gasteiger charge is 2.16. The van der Waals surface area contributed by atoms with Crippen molar-refractivity contribution in [2.24, 2.45) is 0 Å². The average Bonchev–Trinajstić information content (AvgIpc) is 2.70. The summed E-state index contributed by atoms with van der Waals surface area (Å²) < 4.78 is 0. The Bertz CT molecular complexity index is 464. The van der Waals surface area contributed by atoms with Gasteiger partial charge in [-0.25, -0.2) is 9.78 Å². The van der Waals surface area contributed by atoms with Crippen LogP contribution in [-0.2, 0) is 0 Å². The van der Waals surface area contributed by atoms with Crippen molar-refractivity contribution >= 4 is 40.2 Å². The zero-order valence-electron chi connectivity index (χ0n) is 6.73. The molecule has 0 aliphatic rings. The van der Waals surface area contributed by atoms with Gasteiger partial charge in [0.25, 0.3) is 0 Å². The summed E-state index contributed by atoms with van der Waals surface area (Å²) in [6, 6.07) is 3.77. The largest absolute Gasteiger partial charge is 0.477 e. The van der Waals surface area contributed by atoms with Gasteiger partial charge >= 0.3 is 5.97 Å². The van der Waals surface area contributed by atoms with Crippen molar-refractivity contribution in [2.45, 2.75) is 0 Å². The summed E-state index contributed by atoms with van der Waals surface area (Å²) in [5.41, 5.74) is 0. The monoisotopic (exact) mass is 245 g/mol. The van der Waals surface area contributed by atoms with Gasteiger partial charge in [-0.3, -0.25) is 0 Å². The van der Waals surface area contributed by atoms with E-state index >= 15 is 0 Å². The SMILES string of the molecule is O=C(O)c1sc(-c2cccs2)nc1Cl. The van der Waals surface area contributed by atoms with E-state index in [9.17, 15) is 4.79 Å².